The fraction of sp³-hybridized carbons (Fsp3) is 0.786. The molecular formula is C14H27N3. The first kappa shape index (κ1) is 14.2. The van der Waals surface area contributed by atoms with Crippen LogP contribution < -0.4 is 5.32 Å². The number of nitrogens with zero attached hydrogens (tertiary/aromatic N) is 2. The highest BCUT2D eigenvalue weighted by Crippen LogP contribution is 2.20. The Labute approximate surface area is 106 Å². The standard InChI is InChI=1S/C14H27N3/c1-5-9-15-14(8-7-12(3)4)13-10-16-17(6-2)11-13/h10-12,14-15H,5-9H2,1-4H3. The molecule has 0 spiro atoms. The van der Waals surface area contributed by atoms with Gasteiger partial charge in [0.1, 0.15) is 0 Å². The monoisotopic (exact) mass is 237 g/mol. The third-order valence-electron chi connectivity index (χ3n) is 3.05. The molecule has 0 radical (unpaired) electrons. The van der Waals surface area contributed by atoms with Crippen molar-refractivity contribution in [3.63, 3.8) is 0 Å². The van der Waals surface area contributed by atoms with Gasteiger partial charge in [-0.05, 0) is 38.6 Å². The molecule has 1 N–H and O–H groups in total. The van der Waals surface area contributed by atoms with E-state index in [-0.39, 0.29) is 0 Å². The maximum absolute atomic E-state index is 4.37. The summed E-state index contributed by atoms with van der Waals surface area (Å²) in [5.41, 5.74) is 1.33. The molecule has 1 rings (SSSR count). The first-order valence-electron chi connectivity index (χ1n) is 6.93. The van der Waals surface area contributed by atoms with E-state index in [9.17, 15) is 0 Å². The molecular weight excluding hydrogens is 210 g/mol. The molecule has 0 aliphatic heterocycles. The molecule has 0 aliphatic rings. The number of aromatic nitrogens is 2. The molecule has 0 amide bonds. The topological polar surface area (TPSA) is 29.9 Å². The van der Waals surface area contributed by atoms with Gasteiger partial charge in [0.25, 0.3) is 0 Å². The Bertz CT molecular complexity index is 304. The first-order valence-corrected chi connectivity index (χ1v) is 6.93. The molecule has 0 saturated heterocycles. The predicted molar refractivity (Wildman–Crippen MR) is 73.0 cm³/mol. The molecule has 98 valence electrons. The minimum absolute atomic E-state index is 0.470. The number of aryl methyl sites for hydroxylation is 1. The van der Waals surface area contributed by atoms with Gasteiger partial charge in [0.15, 0.2) is 0 Å². The van der Waals surface area contributed by atoms with E-state index in [0.29, 0.717) is 6.04 Å². The normalized spacial score (nSPS) is 13.2. The average molecular weight is 237 g/mol. The molecule has 1 aromatic rings. The lowest BCUT2D eigenvalue weighted by Crippen LogP contribution is -2.22. The second kappa shape index (κ2) is 7.49. The maximum Gasteiger partial charge on any atom is 0.0537 e. The second-order valence-corrected chi connectivity index (χ2v) is 5.11. The summed E-state index contributed by atoms with van der Waals surface area (Å²) in [7, 11) is 0. The fourth-order valence-corrected chi connectivity index (χ4v) is 1.94. The van der Waals surface area contributed by atoms with Crippen LogP contribution >= 0.6 is 0 Å². The van der Waals surface area contributed by atoms with Crippen LogP contribution in [-0.4, -0.2) is 16.3 Å². The van der Waals surface area contributed by atoms with Crippen LogP contribution in [0.2, 0.25) is 0 Å². The number of hydrogen-bond donors (Lipinski definition) is 1. The van der Waals surface area contributed by atoms with Crippen LogP contribution in [0.3, 0.4) is 0 Å². The summed E-state index contributed by atoms with van der Waals surface area (Å²) in [5.74, 6) is 0.766. The molecule has 0 aromatic carbocycles. The first-order chi connectivity index (χ1) is 8.17. The van der Waals surface area contributed by atoms with Crippen molar-refractivity contribution in [1.29, 1.82) is 0 Å². The lowest BCUT2D eigenvalue weighted by molar-refractivity contribution is 0.440. The minimum atomic E-state index is 0.470. The van der Waals surface area contributed by atoms with Crippen LogP contribution in [0.15, 0.2) is 12.4 Å². The number of hydrogen-bond acceptors (Lipinski definition) is 2. The Balaban J connectivity index is 2.60. The number of nitrogens with one attached hydrogen (secondary N) is 1. The van der Waals surface area contributed by atoms with E-state index >= 15 is 0 Å². The van der Waals surface area contributed by atoms with Gasteiger partial charge >= 0.3 is 0 Å². The van der Waals surface area contributed by atoms with Gasteiger partial charge in [-0.1, -0.05) is 20.8 Å². The maximum atomic E-state index is 4.37. The SMILES string of the molecule is CCCNC(CCC(C)C)c1cnn(CC)c1. The largest absolute Gasteiger partial charge is 0.310 e. The van der Waals surface area contributed by atoms with Crippen LogP contribution in [0, 0.1) is 5.92 Å². The molecule has 0 saturated carbocycles. The van der Waals surface area contributed by atoms with Gasteiger partial charge in [-0.15, -0.1) is 0 Å². The highest BCUT2D eigenvalue weighted by Gasteiger charge is 2.13. The molecule has 1 aromatic heterocycles. The molecule has 1 atom stereocenters. The lowest BCUT2D eigenvalue weighted by Gasteiger charge is -2.18. The van der Waals surface area contributed by atoms with Gasteiger partial charge in [0, 0.05) is 24.3 Å². The van der Waals surface area contributed by atoms with Crippen molar-refractivity contribution in [1.82, 2.24) is 15.1 Å². The van der Waals surface area contributed by atoms with E-state index in [2.05, 4.69) is 44.3 Å². The highest BCUT2D eigenvalue weighted by molar-refractivity contribution is 5.10. The van der Waals surface area contributed by atoms with E-state index in [4.69, 9.17) is 0 Å². The summed E-state index contributed by atoms with van der Waals surface area (Å²) in [5, 5.41) is 7.99. The predicted octanol–water partition coefficient (Wildman–Crippen LogP) is 3.38. The molecule has 3 nitrogen and oxygen atoms in total. The third kappa shape index (κ3) is 4.90. The van der Waals surface area contributed by atoms with Gasteiger partial charge in [-0.2, -0.15) is 5.10 Å². The van der Waals surface area contributed by atoms with Crippen LogP contribution in [0.1, 0.15) is 58.6 Å². The lowest BCUT2D eigenvalue weighted by atomic mass is 9.99. The summed E-state index contributed by atoms with van der Waals surface area (Å²) in [6.07, 6.45) is 7.83. The van der Waals surface area contributed by atoms with Crippen molar-refractivity contribution < 1.29 is 0 Å². The highest BCUT2D eigenvalue weighted by atomic mass is 15.3. The number of rotatable bonds is 8. The zero-order valence-electron chi connectivity index (χ0n) is 11.7. The summed E-state index contributed by atoms with van der Waals surface area (Å²) in [4.78, 5) is 0. The van der Waals surface area contributed by atoms with E-state index < -0.39 is 0 Å². The molecule has 0 fully saturated rings. The summed E-state index contributed by atoms with van der Waals surface area (Å²) < 4.78 is 2.01. The third-order valence-corrected chi connectivity index (χ3v) is 3.05. The van der Waals surface area contributed by atoms with Crippen LogP contribution in [-0.2, 0) is 6.54 Å². The molecule has 3 heteroatoms. The van der Waals surface area contributed by atoms with Crippen molar-refractivity contribution >= 4 is 0 Å². The van der Waals surface area contributed by atoms with E-state index in [1.165, 1.54) is 24.8 Å². The van der Waals surface area contributed by atoms with Crippen molar-refractivity contribution in [2.24, 2.45) is 5.92 Å². The van der Waals surface area contributed by atoms with Crippen molar-refractivity contribution in [2.75, 3.05) is 6.54 Å². The quantitative estimate of drug-likeness (QED) is 0.751. The van der Waals surface area contributed by atoms with Crippen LogP contribution in [0.25, 0.3) is 0 Å². The molecule has 1 unspecified atom stereocenters. The smallest absolute Gasteiger partial charge is 0.0537 e. The Morgan fingerprint density at radius 3 is 2.59 bits per heavy atom. The van der Waals surface area contributed by atoms with E-state index in [0.717, 1.165) is 19.0 Å². The molecule has 1 heterocycles. The van der Waals surface area contributed by atoms with Crippen molar-refractivity contribution in [3.8, 4) is 0 Å². The molecule has 17 heavy (non-hydrogen) atoms. The van der Waals surface area contributed by atoms with Crippen LogP contribution in [0.5, 0.6) is 0 Å². The summed E-state index contributed by atoms with van der Waals surface area (Å²) in [6.45, 7) is 10.9. The summed E-state index contributed by atoms with van der Waals surface area (Å²) >= 11 is 0. The minimum Gasteiger partial charge on any atom is -0.310 e. The Morgan fingerprint density at radius 2 is 2.06 bits per heavy atom. The Kier molecular flexibility index (Phi) is 6.27. The van der Waals surface area contributed by atoms with E-state index in [1.807, 2.05) is 10.9 Å². The Hall–Kier alpha value is -0.830. The van der Waals surface area contributed by atoms with Gasteiger partial charge < -0.3 is 5.32 Å². The average Bonchev–Trinajstić information content (AvgIpc) is 2.77. The second-order valence-electron chi connectivity index (χ2n) is 5.11. The van der Waals surface area contributed by atoms with Crippen LogP contribution in [0.4, 0.5) is 0 Å². The van der Waals surface area contributed by atoms with Crippen molar-refractivity contribution in [3.05, 3.63) is 18.0 Å². The van der Waals surface area contributed by atoms with Gasteiger partial charge in [-0.25, -0.2) is 0 Å². The Morgan fingerprint density at radius 1 is 1.29 bits per heavy atom. The zero-order valence-corrected chi connectivity index (χ0v) is 11.7. The van der Waals surface area contributed by atoms with Crippen molar-refractivity contribution in [2.45, 2.75) is 59.5 Å². The fourth-order valence-electron chi connectivity index (χ4n) is 1.94. The molecule has 0 aliphatic carbocycles. The molecule has 0 bridgehead atoms. The van der Waals surface area contributed by atoms with Gasteiger partial charge in [0.05, 0.1) is 6.20 Å². The summed E-state index contributed by atoms with van der Waals surface area (Å²) in [6, 6.07) is 0.470. The zero-order chi connectivity index (χ0) is 12.7. The van der Waals surface area contributed by atoms with Gasteiger partial charge in [0.2, 0.25) is 0 Å². The van der Waals surface area contributed by atoms with E-state index in [1.54, 1.807) is 0 Å². The van der Waals surface area contributed by atoms with Gasteiger partial charge in [-0.3, -0.25) is 4.68 Å².